The predicted octanol–water partition coefficient (Wildman–Crippen LogP) is 6.73. The molecule has 4 atom stereocenters. The summed E-state index contributed by atoms with van der Waals surface area (Å²) in [6, 6.07) is 0. The average molecular weight is 532 g/mol. The average Bonchev–Trinajstić information content (AvgIpc) is 2.90. The molecule has 1 rings (SSSR count). The number of aliphatic carboxylic acids is 1. The summed E-state index contributed by atoms with van der Waals surface area (Å²) in [5.41, 5.74) is 1.38. The first-order valence-corrected chi connectivity index (χ1v) is 16.1. The highest BCUT2D eigenvalue weighted by Crippen LogP contribution is 2.54. The van der Waals surface area contributed by atoms with Gasteiger partial charge >= 0.3 is 5.97 Å². The molecule has 0 saturated heterocycles. The minimum Gasteiger partial charge on any atom is -0.481 e. The molecule has 0 amide bonds. The Bertz CT molecular complexity index is 505. The number of carboxylic acids is 1. The Kier molecular flexibility index (Phi) is 11.2. The van der Waals surface area contributed by atoms with Crippen molar-refractivity contribution >= 4 is 44.8 Å². The fourth-order valence-electron chi connectivity index (χ4n) is 3.32. The lowest BCUT2D eigenvalue weighted by Gasteiger charge is -2.44. The zero-order chi connectivity index (χ0) is 20.7. The van der Waals surface area contributed by atoms with Crippen LogP contribution in [-0.4, -0.2) is 41.0 Å². The summed E-state index contributed by atoms with van der Waals surface area (Å²) in [6.45, 7) is 10.2. The summed E-state index contributed by atoms with van der Waals surface area (Å²) in [5, 5.41) is 8.73. The van der Waals surface area contributed by atoms with Crippen molar-refractivity contribution in [1.29, 1.82) is 0 Å². The van der Waals surface area contributed by atoms with Gasteiger partial charge < -0.3 is 13.8 Å². The molecule has 4 nitrogen and oxygen atoms in total. The Labute approximate surface area is 182 Å². The third kappa shape index (κ3) is 9.33. The number of carbonyl (C=O) groups is 1. The van der Waals surface area contributed by atoms with E-state index in [-0.39, 0.29) is 11.2 Å². The second-order valence-electron chi connectivity index (χ2n) is 9.00. The Morgan fingerprint density at radius 2 is 2.00 bits per heavy atom. The summed E-state index contributed by atoms with van der Waals surface area (Å²) < 4.78 is 12.7. The molecule has 0 spiro atoms. The molecule has 2 unspecified atom stereocenters. The summed E-state index contributed by atoms with van der Waals surface area (Å²) in [5.74, 6) is 0.408. The molecule has 1 fully saturated rings. The third-order valence-corrected chi connectivity index (χ3v) is 10.5. The van der Waals surface area contributed by atoms with Crippen LogP contribution in [0.3, 0.4) is 0 Å². The van der Waals surface area contributed by atoms with E-state index in [0.717, 1.165) is 38.7 Å². The Hall–Kier alpha value is 0.640. The van der Waals surface area contributed by atoms with E-state index in [0.29, 0.717) is 24.4 Å². The van der Waals surface area contributed by atoms with Crippen LogP contribution in [0.4, 0.5) is 0 Å². The Balaban J connectivity index is 2.56. The maximum Gasteiger partial charge on any atom is 0.303 e. The highest BCUT2D eigenvalue weighted by Gasteiger charge is 2.37. The summed E-state index contributed by atoms with van der Waals surface area (Å²) in [6.07, 6.45) is 12.2. The highest BCUT2D eigenvalue weighted by molar-refractivity contribution is 14.2. The first-order valence-electron chi connectivity index (χ1n) is 9.72. The van der Waals surface area contributed by atoms with Crippen LogP contribution in [0.25, 0.3) is 0 Å². The number of carboxylic acid groups (broad SMARTS) is 1. The summed E-state index contributed by atoms with van der Waals surface area (Å²) in [7, 11) is -1.10. The molecule has 1 aliphatic carbocycles. The molecule has 0 bridgehead atoms. The second-order valence-corrected chi connectivity index (χ2v) is 14.6. The van der Waals surface area contributed by atoms with Gasteiger partial charge in [-0.05, 0) is 79.5 Å². The van der Waals surface area contributed by atoms with Gasteiger partial charge in [0.2, 0.25) is 0 Å². The zero-order valence-corrected chi connectivity index (χ0v) is 21.7. The molecule has 0 aromatic heterocycles. The van der Waals surface area contributed by atoms with E-state index in [1.807, 2.05) is 0 Å². The molecule has 1 N–H and O–H groups in total. The van der Waals surface area contributed by atoms with Crippen LogP contribution in [0.1, 0.15) is 66.2 Å². The first kappa shape index (κ1) is 25.7. The highest BCUT2D eigenvalue weighted by atomic mass is 127. The number of allylic oxidation sites excluding steroid dienone is 2. The monoisotopic (exact) mass is 532 g/mol. The molecule has 0 heterocycles. The van der Waals surface area contributed by atoms with Gasteiger partial charge in [0.15, 0.2) is 0 Å². The van der Waals surface area contributed by atoms with Crippen LogP contribution in [0.15, 0.2) is 11.6 Å². The van der Waals surface area contributed by atoms with Gasteiger partial charge in [0.25, 0.3) is 0 Å². The Morgan fingerprint density at radius 1 is 1.33 bits per heavy atom. The van der Waals surface area contributed by atoms with E-state index in [9.17, 15) is 4.79 Å². The maximum absolute atomic E-state index is 10.6. The van der Waals surface area contributed by atoms with Crippen LogP contribution in [0.2, 0.25) is 0 Å². The third-order valence-electron chi connectivity index (χ3n) is 5.67. The molecular formula is C20H38IO4PS. The van der Waals surface area contributed by atoms with Gasteiger partial charge in [0, 0.05) is 17.1 Å². The minimum absolute atomic E-state index is 0.182. The predicted molar refractivity (Wildman–Crippen MR) is 128 cm³/mol. The molecule has 160 valence electrons. The van der Waals surface area contributed by atoms with E-state index < -0.39 is 16.3 Å². The van der Waals surface area contributed by atoms with Gasteiger partial charge in [-0.3, -0.25) is 4.79 Å². The molecule has 0 aliphatic heterocycles. The van der Waals surface area contributed by atoms with Crippen molar-refractivity contribution in [3.8, 4) is 0 Å². The number of rotatable bonds is 11. The van der Waals surface area contributed by atoms with Crippen LogP contribution in [-0.2, 0) is 13.5 Å². The fraction of sp³-hybridized carbons (Fsp3) is 0.850. The number of hydrogen-bond acceptors (Lipinski definition) is 3. The van der Waals surface area contributed by atoms with E-state index in [4.69, 9.17) is 13.8 Å². The van der Waals surface area contributed by atoms with Crippen molar-refractivity contribution in [3.63, 3.8) is 0 Å². The van der Waals surface area contributed by atoms with Gasteiger partial charge in [0.05, 0.1) is 19.2 Å². The summed E-state index contributed by atoms with van der Waals surface area (Å²) >= 11 is 2.32. The minimum atomic E-state index is -1.10. The van der Waals surface area contributed by atoms with Crippen LogP contribution in [0, 0.1) is 11.8 Å². The van der Waals surface area contributed by atoms with Crippen LogP contribution in [0.5, 0.6) is 0 Å². The number of halogens is 1. The quantitative estimate of drug-likeness (QED) is 0.139. The van der Waals surface area contributed by atoms with E-state index in [1.54, 1.807) is 0 Å². The standard InChI is InChI=1S/C20H38IO4PS/c1-15(9-7-8-10-19(22)23)11-16-12-17(18(13-16)25-26-21)14-24-27(5,6)20(2,3)4/h9,16-18,26H,7-8,10-14H2,1-6H3,(H,22,23)/b15-9+/t16-,17?,18-/m1/s1. The topological polar surface area (TPSA) is 55.8 Å². The summed E-state index contributed by atoms with van der Waals surface area (Å²) in [4.78, 5) is 10.6. The Morgan fingerprint density at radius 3 is 2.56 bits per heavy atom. The molecule has 1 aliphatic rings. The van der Waals surface area contributed by atoms with Crippen molar-refractivity contribution in [1.82, 2.24) is 0 Å². The van der Waals surface area contributed by atoms with Crippen molar-refractivity contribution in [2.24, 2.45) is 11.8 Å². The lowest BCUT2D eigenvalue weighted by Crippen LogP contribution is -2.28. The van der Waals surface area contributed by atoms with Crippen molar-refractivity contribution in [2.45, 2.75) is 77.1 Å². The fourth-order valence-corrected chi connectivity index (χ4v) is 5.57. The van der Waals surface area contributed by atoms with Crippen molar-refractivity contribution < 1.29 is 18.6 Å². The zero-order valence-electron chi connectivity index (χ0n) is 17.7. The van der Waals surface area contributed by atoms with Gasteiger partial charge in [-0.15, -0.1) is 10.3 Å². The van der Waals surface area contributed by atoms with Gasteiger partial charge in [0.1, 0.15) is 0 Å². The number of unbranched alkanes of at least 4 members (excludes halogenated alkanes) is 1. The smallest absolute Gasteiger partial charge is 0.303 e. The van der Waals surface area contributed by atoms with Crippen LogP contribution < -0.4 is 0 Å². The van der Waals surface area contributed by atoms with E-state index >= 15 is 0 Å². The maximum atomic E-state index is 10.6. The van der Waals surface area contributed by atoms with E-state index in [1.165, 1.54) is 5.57 Å². The van der Waals surface area contributed by atoms with Gasteiger partial charge in [-0.2, -0.15) is 0 Å². The van der Waals surface area contributed by atoms with Gasteiger partial charge in [-0.1, -0.05) is 32.4 Å². The SMILES string of the molecule is C/C(=C\CCCC(=O)O)C[C@@H]1CC(COS(C)(C)C(C)(C)C)[C@H](OPI)C1. The van der Waals surface area contributed by atoms with Crippen LogP contribution >= 0.6 is 38.8 Å². The van der Waals surface area contributed by atoms with Crippen molar-refractivity contribution in [3.05, 3.63) is 11.6 Å². The molecule has 27 heavy (non-hydrogen) atoms. The molecule has 0 aromatic carbocycles. The lowest BCUT2D eigenvalue weighted by atomic mass is 9.96. The first-order chi connectivity index (χ1) is 12.5. The van der Waals surface area contributed by atoms with Gasteiger partial charge in [-0.25, -0.2) is 0 Å². The van der Waals surface area contributed by atoms with E-state index in [2.05, 4.69) is 68.3 Å². The molecule has 1 saturated carbocycles. The molecule has 7 heteroatoms. The molecule has 0 aromatic rings. The molecule has 0 radical (unpaired) electrons. The van der Waals surface area contributed by atoms with Crippen molar-refractivity contribution in [2.75, 3.05) is 19.1 Å². The largest absolute Gasteiger partial charge is 0.481 e. The normalized spacial score (nSPS) is 25.4. The second kappa shape index (κ2) is 11.7. The molecular weight excluding hydrogens is 494 g/mol. The lowest BCUT2D eigenvalue weighted by molar-refractivity contribution is -0.137. The number of hydrogen-bond donors (Lipinski definition) is 1.